The van der Waals surface area contributed by atoms with Gasteiger partial charge >= 0.3 is 0 Å². The van der Waals surface area contributed by atoms with E-state index in [1.807, 2.05) is 37.3 Å². The number of aryl methyl sites for hydroxylation is 1. The first-order chi connectivity index (χ1) is 16.1. The lowest BCUT2D eigenvalue weighted by atomic mass is 10.1. The summed E-state index contributed by atoms with van der Waals surface area (Å²) in [7, 11) is 0. The summed E-state index contributed by atoms with van der Waals surface area (Å²) in [6.07, 6.45) is 3.38. The SMILES string of the molecule is Cc1nn(-c2ccccc2)c(Cl)c1CN1CCN(c2nccnc2-c2ccc(F)cc2)CC1.Cl. The molecule has 0 N–H and O–H groups in total. The maximum absolute atomic E-state index is 13.4. The Morgan fingerprint density at radius 2 is 1.59 bits per heavy atom. The van der Waals surface area contributed by atoms with Gasteiger partial charge in [0.05, 0.1) is 11.4 Å². The number of anilines is 1. The second-order valence-corrected chi connectivity index (χ2v) is 8.46. The van der Waals surface area contributed by atoms with E-state index in [1.54, 1.807) is 29.2 Å². The van der Waals surface area contributed by atoms with Gasteiger partial charge in [0, 0.05) is 56.2 Å². The molecule has 4 aromatic rings. The van der Waals surface area contributed by atoms with Crippen LogP contribution in [0.4, 0.5) is 10.2 Å². The number of nitrogens with zero attached hydrogens (tertiary/aromatic N) is 6. The van der Waals surface area contributed by atoms with Gasteiger partial charge in [0.15, 0.2) is 5.82 Å². The second-order valence-electron chi connectivity index (χ2n) is 8.10. The molecule has 5 rings (SSSR count). The van der Waals surface area contributed by atoms with E-state index in [4.69, 9.17) is 11.6 Å². The average molecular weight is 499 g/mol. The third-order valence-electron chi connectivity index (χ3n) is 5.97. The molecule has 0 aliphatic carbocycles. The fourth-order valence-corrected chi connectivity index (χ4v) is 4.50. The minimum atomic E-state index is -0.262. The van der Waals surface area contributed by atoms with E-state index in [2.05, 4.69) is 24.9 Å². The standard InChI is InChI=1S/C25H24ClFN6.ClH/c1-18-22(24(26)33(30-18)21-5-3-2-4-6-21)17-31-13-15-32(16-14-31)25-23(28-11-12-29-25)19-7-9-20(27)10-8-19;/h2-12H,13-17H2,1H3;1H. The molecule has 3 heterocycles. The molecule has 2 aromatic heterocycles. The van der Waals surface area contributed by atoms with Crippen molar-refractivity contribution in [2.75, 3.05) is 31.1 Å². The van der Waals surface area contributed by atoms with Crippen LogP contribution in [0.3, 0.4) is 0 Å². The molecule has 0 spiro atoms. The highest BCUT2D eigenvalue weighted by atomic mass is 35.5. The maximum Gasteiger partial charge on any atom is 0.155 e. The van der Waals surface area contributed by atoms with E-state index in [9.17, 15) is 4.39 Å². The molecule has 6 nitrogen and oxygen atoms in total. The lowest BCUT2D eigenvalue weighted by Crippen LogP contribution is -2.46. The fraction of sp³-hybridized carbons (Fsp3) is 0.240. The highest BCUT2D eigenvalue weighted by Gasteiger charge is 2.24. The predicted octanol–water partition coefficient (Wildman–Crippen LogP) is 5.17. The van der Waals surface area contributed by atoms with Crippen LogP contribution in [0.25, 0.3) is 16.9 Å². The van der Waals surface area contributed by atoms with E-state index < -0.39 is 0 Å². The molecule has 0 radical (unpaired) electrons. The Morgan fingerprint density at radius 1 is 0.912 bits per heavy atom. The number of hydrogen-bond acceptors (Lipinski definition) is 5. The summed E-state index contributed by atoms with van der Waals surface area (Å²) in [4.78, 5) is 13.7. The van der Waals surface area contributed by atoms with Gasteiger partial charge in [-0.3, -0.25) is 9.88 Å². The normalized spacial score (nSPS) is 14.1. The zero-order valence-electron chi connectivity index (χ0n) is 18.7. The fourth-order valence-electron chi connectivity index (χ4n) is 4.17. The Balaban J connectivity index is 0.00000274. The summed E-state index contributed by atoms with van der Waals surface area (Å²) in [5, 5.41) is 5.32. The van der Waals surface area contributed by atoms with Gasteiger partial charge < -0.3 is 4.90 Å². The van der Waals surface area contributed by atoms with Crippen molar-refractivity contribution in [3.8, 4) is 16.9 Å². The average Bonchev–Trinajstić information content (AvgIpc) is 3.14. The molecule has 1 aliphatic heterocycles. The van der Waals surface area contributed by atoms with Crippen molar-refractivity contribution in [1.82, 2.24) is 24.6 Å². The smallest absolute Gasteiger partial charge is 0.155 e. The largest absolute Gasteiger partial charge is 0.352 e. The molecular weight excluding hydrogens is 474 g/mol. The van der Waals surface area contributed by atoms with Crippen LogP contribution >= 0.6 is 24.0 Å². The lowest BCUT2D eigenvalue weighted by Gasteiger charge is -2.36. The van der Waals surface area contributed by atoms with Crippen LogP contribution in [0.5, 0.6) is 0 Å². The third-order valence-corrected chi connectivity index (χ3v) is 6.36. The molecule has 0 saturated carbocycles. The number of rotatable bonds is 5. The number of halogens is 3. The number of hydrogen-bond donors (Lipinski definition) is 0. The van der Waals surface area contributed by atoms with Crippen molar-refractivity contribution in [3.05, 3.63) is 89.2 Å². The van der Waals surface area contributed by atoms with E-state index in [1.165, 1.54) is 12.1 Å². The molecule has 0 amide bonds. The number of benzene rings is 2. The molecule has 1 saturated heterocycles. The minimum Gasteiger partial charge on any atom is -0.352 e. The topological polar surface area (TPSA) is 50.1 Å². The Labute approximate surface area is 209 Å². The van der Waals surface area contributed by atoms with Crippen LogP contribution in [-0.4, -0.2) is 50.8 Å². The third kappa shape index (κ3) is 4.92. The molecule has 1 aliphatic rings. The summed E-state index contributed by atoms with van der Waals surface area (Å²) in [5.74, 6) is 0.567. The van der Waals surface area contributed by atoms with Gasteiger partial charge in [-0.15, -0.1) is 12.4 Å². The molecule has 176 valence electrons. The van der Waals surface area contributed by atoms with Crippen molar-refractivity contribution >= 4 is 29.8 Å². The first kappa shape index (κ1) is 24.1. The van der Waals surface area contributed by atoms with E-state index in [0.717, 1.165) is 66.7 Å². The maximum atomic E-state index is 13.4. The van der Waals surface area contributed by atoms with Crippen LogP contribution in [-0.2, 0) is 6.54 Å². The van der Waals surface area contributed by atoms with Crippen LogP contribution in [0.2, 0.25) is 5.15 Å². The first-order valence-corrected chi connectivity index (χ1v) is 11.3. The highest BCUT2D eigenvalue weighted by molar-refractivity contribution is 6.30. The van der Waals surface area contributed by atoms with Gasteiger partial charge in [-0.1, -0.05) is 29.8 Å². The number of piperazine rings is 1. The molecule has 2 aromatic carbocycles. The van der Waals surface area contributed by atoms with Crippen molar-refractivity contribution in [2.45, 2.75) is 13.5 Å². The molecular formula is C25H25Cl2FN6. The second kappa shape index (κ2) is 10.5. The lowest BCUT2D eigenvalue weighted by molar-refractivity contribution is 0.249. The van der Waals surface area contributed by atoms with Crippen molar-refractivity contribution in [3.63, 3.8) is 0 Å². The van der Waals surface area contributed by atoms with E-state index in [0.29, 0.717) is 5.15 Å². The molecule has 0 bridgehead atoms. The Hall–Kier alpha value is -3.00. The predicted molar refractivity (Wildman–Crippen MR) is 135 cm³/mol. The van der Waals surface area contributed by atoms with Crippen molar-refractivity contribution in [1.29, 1.82) is 0 Å². The van der Waals surface area contributed by atoms with Crippen LogP contribution in [0.1, 0.15) is 11.3 Å². The van der Waals surface area contributed by atoms with Crippen molar-refractivity contribution in [2.24, 2.45) is 0 Å². The first-order valence-electron chi connectivity index (χ1n) is 10.9. The number of aromatic nitrogens is 4. The van der Waals surface area contributed by atoms with Gasteiger partial charge in [-0.05, 0) is 43.3 Å². The van der Waals surface area contributed by atoms with Gasteiger partial charge in [0.25, 0.3) is 0 Å². The summed E-state index contributed by atoms with van der Waals surface area (Å²) < 4.78 is 15.2. The van der Waals surface area contributed by atoms with Gasteiger partial charge in [-0.2, -0.15) is 5.10 Å². The molecule has 0 atom stereocenters. The zero-order valence-corrected chi connectivity index (χ0v) is 20.3. The Bertz CT molecular complexity index is 1240. The van der Waals surface area contributed by atoms with E-state index >= 15 is 0 Å². The molecule has 9 heteroatoms. The van der Waals surface area contributed by atoms with Gasteiger partial charge in [-0.25, -0.2) is 14.1 Å². The Kier molecular flexibility index (Phi) is 7.46. The monoisotopic (exact) mass is 498 g/mol. The van der Waals surface area contributed by atoms with Crippen LogP contribution in [0.15, 0.2) is 67.0 Å². The van der Waals surface area contributed by atoms with Gasteiger partial charge in [0.2, 0.25) is 0 Å². The molecule has 0 unspecified atom stereocenters. The Morgan fingerprint density at radius 3 is 2.29 bits per heavy atom. The minimum absolute atomic E-state index is 0. The number of para-hydroxylation sites is 1. The summed E-state index contributed by atoms with van der Waals surface area (Å²) in [5.41, 5.74) is 4.59. The van der Waals surface area contributed by atoms with Crippen LogP contribution in [0, 0.1) is 12.7 Å². The van der Waals surface area contributed by atoms with Crippen molar-refractivity contribution < 1.29 is 4.39 Å². The molecule has 34 heavy (non-hydrogen) atoms. The van der Waals surface area contributed by atoms with E-state index in [-0.39, 0.29) is 18.2 Å². The zero-order chi connectivity index (χ0) is 22.8. The molecule has 1 fully saturated rings. The summed E-state index contributed by atoms with van der Waals surface area (Å²) >= 11 is 6.73. The van der Waals surface area contributed by atoms with Gasteiger partial charge in [0.1, 0.15) is 16.7 Å². The summed E-state index contributed by atoms with van der Waals surface area (Å²) in [6, 6.07) is 16.3. The summed E-state index contributed by atoms with van der Waals surface area (Å²) in [6.45, 7) is 6.12. The highest BCUT2D eigenvalue weighted by Crippen LogP contribution is 2.29. The van der Waals surface area contributed by atoms with Crippen LogP contribution < -0.4 is 4.90 Å². The quantitative estimate of drug-likeness (QED) is 0.379.